The second-order valence-electron chi connectivity index (χ2n) is 25.4. The first-order chi connectivity index (χ1) is 21.9. The summed E-state index contributed by atoms with van der Waals surface area (Å²) in [5.74, 6) is 2.56. The minimum absolute atomic E-state index is 0.796. The molecule has 0 amide bonds. The van der Waals surface area contributed by atoms with Crippen LogP contribution in [0.25, 0.3) is 10.8 Å². The van der Waals surface area contributed by atoms with Gasteiger partial charge in [-0.05, 0) is 0 Å². The van der Waals surface area contributed by atoms with E-state index < -0.39 is 91.8 Å². The molecule has 2 aliphatic rings. The van der Waals surface area contributed by atoms with Crippen molar-refractivity contribution in [2.24, 2.45) is 0 Å². The molecular formula is C38H80Ge2O2Si8. The molecule has 284 valence electrons. The van der Waals surface area contributed by atoms with Crippen LogP contribution in [0.1, 0.15) is 0 Å². The average molecular weight is 939 g/mol. The van der Waals surface area contributed by atoms with Crippen LogP contribution in [0.2, 0.25) is 173 Å². The molecule has 0 unspecified atom stereocenters. The number of hydrogen-bond donors (Lipinski definition) is 0. The Hall–Kier alpha value is 1.12. The van der Waals surface area contributed by atoms with Crippen molar-refractivity contribution < 1.29 is 7.53 Å². The molecule has 0 N–H and O–H groups in total. The zero-order chi connectivity index (χ0) is 39.0. The number of benzene rings is 2. The number of rotatable bonds is 12. The molecule has 0 aliphatic carbocycles. The van der Waals surface area contributed by atoms with E-state index in [0.29, 0.717) is 0 Å². The Labute approximate surface area is 324 Å². The van der Waals surface area contributed by atoms with Gasteiger partial charge in [0.25, 0.3) is 0 Å². The Morgan fingerprint density at radius 1 is 0.320 bits per heavy atom. The van der Waals surface area contributed by atoms with E-state index in [1.807, 2.05) is 0 Å². The topological polar surface area (TPSA) is 18.5 Å². The zero-order valence-corrected chi connectivity index (χ0v) is 49.6. The molecule has 0 bridgehead atoms. The van der Waals surface area contributed by atoms with E-state index in [1.165, 1.54) is 11.5 Å². The molecule has 2 heterocycles. The van der Waals surface area contributed by atoms with Crippen LogP contribution in [0.4, 0.5) is 0 Å². The van der Waals surface area contributed by atoms with Crippen molar-refractivity contribution in [3.63, 3.8) is 0 Å². The van der Waals surface area contributed by atoms with Gasteiger partial charge in [-0.25, -0.2) is 0 Å². The van der Waals surface area contributed by atoms with Gasteiger partial charge in [-0.15, -0.1) is 0 Å². The molecule has 50 heavy (non-hydrogen) atoms. The van der Waals surface area contributed by atoms with Crippen molar-refractivity contribution in [2.75, 3.05) is 0 Å². The Morgan fingerprint density at radius 3 is 0.660 bits per heavy atom. The fourth-order valence-corrected chi connectivity index (χ4v) is 166. The monoisotopic (exact) mass is 940 g/mol. The van der Waals surface area contributed by atoms with Crippen molar-refractivity contribution in [3.05, 3.63) is 24.3 Å². The average Bonchev–Trinajstić information content (AvgIpc) is 3.23. The molecule has 0 fully saturated rings. The quantitative estimate of drug-likeness (QED) is 0.197. The van der Waals surface area contributed by atoms with Crippen LogP contribution < -0.4 is 16.3 Å². The second kappa shape index (κ2) is 12.8. The molecule has 0 spiro atoms. The molecular weight excluding hydrogens is 858 g/mol. The minimum atomic E-state index is -3.36. The summed E-state index contributed by atoms with van der Waals surface area (Å²) in [6.07, 6.45) is 0. The van der Waals surface area contributed by atoms with Gasteiger partial charge in [0, 0.05) is 0 Å². The maximum atomic E-state index is 8.26. The Balaban J connectivity index is 2.32. The van der Waals surface area contributed by atoms with E-state index in [9.17, 15) is 0 Å². The van der Waals surface area contributed by atoms with Gasteiger partial charge in [0.05, 0.1) is 0 Å². The first kappa shape index (κ1) is 43.8. The molecule has 2 nitrogen and oxygen atoms in total. The molecule has 2 aliphatic heterocycles. The van der Waals surface area contributed by atoms with Crippen molar-refractivity contribution in [3.8, 4) is 11.5 Å². The van der Waals surface area contributed by atoms with Crippen LogP contribution in [0, 0.1) is 0 Å². The third-order valence-electron chi connectivity index (χ3n) is 12.1. The van der Waals surface area contributed by atoms with Crippen LogP contribution in [-0.4, -0.2) is 91.8 Å². The van der Waals surface area contributed by atoms with Crippen molar-refractivity contribution in [1.29, 1.82) is 0 Å². The summed E-state index contributed by atoms with van der Waals surface area (Å²) in [6.45, 7) is 65.3. The summed E-state index contributed by atoms with van der Waals surface area (Å²) in [6, 6.07) is 10.5. The third kappa shape index (κ3) is 7.27. The fourth-order valence-electron chi connectivity index (χ4n) is 14.3. The maximum absolute atomic E-state index is 8.26. The predicted molar refractivity (Wildman–Crippen MR) is 258 cm³/mol. The van der Waals surface area contributed by atoms with Crippen molar-refractivity contribution in [1.82, 2.24) is 0 Å². The van der Waals surface area contributed by atoms with Gasteiger partial charge in [-0.2, -0.15) is 0 Å². The van der Waals surface area contributed by atoms with Gasteiger partial charge in [-0.3, -0.25) is 0 Å². The van der Waals surface area contributed by atoms with Crippen LogP contribution in [0.15, 0.2) is 24.3 Å². The summed E-state index contributed by atoms with van der Waals surface area (Å²) in [4.78, 5) is 0. The van der Waals surface area contributed by atoms with Crippen LogP contribution in [0.3, 0.4) is 0 Å². The molecule has 0 atom stereocenters. The molecule has 4 rings (SSSR count). The standard InChI is InChI=1S/C38H80Ge2O2Si8/c1-43(2,3)35(44(4,5)6)39(36(45(7,8)9)46(10,11)12)29-25-26-30-34-32(28-27-31(41-39)33(29)34)42-40(30,37(47(13,14)15)48(16,17)18)38(49(19,20)21)50(22,23)24/h25-28,35-38H,1-24H3. The SMILES string of the molecule is C[Si](C)(C)[CH]([Si](C)(C)C)[Ge]1([CH]([Si](C)(C)C)[Si](C)(C)C)[O]c2ccc3c4[c](cc[c]1c24)[Ge]([CH]([Si](C)(C)C)[Si](C)(C)C)([CH]([Si](C)(C)C)[Si](C)(C)C)[O]3. The van der Waals surface area contributed by atoms with Crippen LogP contribution in [-0.2, 0) is 0 Å². The molecule has 0 saturated heterocycles. The van der Waals surface area contributed by atoms with Crippen molar-refractivity contribution in [2.45, 2.75) is 173 Å². The molecule has 0 aromatic heterocycles. The van der Waals surface area contributed by atoms with E-state index in [0.717, 1.165) is 16.0 Å². The summed E-state index contributed by atoms with van der Waals surface area (Å²) in [5, 5.41) is 3.15. The normalized spacial score (nSPS) is 18.6. The first-order valence-electron chi connectivity index (χ1n) is 19.9. The zero-order valence-electron chi connectivity index (χ0n) is 37.4. The summed E-state index contributed by atoms with van der Waals surface area (Å²) >= 11 is -6.72. The summed E-state index contributed by atoms with van der Waals surface area (Å²) in [5.41, 5.74) is 0. The fraction of sp³-hybridized carbons (Fsp3) is 0.737. The van der Waals surface area contributed by atoms with Crippen molar-refractivity contribution >= 4 is 111 Å². The van der Waals surface area contributed by atoms with E-state index in [4.69, 9.17) is 7.53 Å². The van der Waals surface area contributed by atoms with Gasteiger partial charge in [-0.1, -0.05) is 0 Å². The second-order valence-corrected chi connectivity index (χ2v) is 94.5. The van der Waals surface area contributed by atoms with Gasteiger partial charge < -0.3 is 0 Å². The van der Waals surface area contributed by atoms with Gasteiger partial charge in [0.1, 0.15) is 0 Å². The molecule has 2 aromatic rings. The Bertz CT molecular complexity index is 1380. The molecule has 2 aromatic carbocycles. The molecule has 0 saturated carbocycles. The number of hydrogen-bond acceptors (Lipinski definition) is 2. The van der Waals surface area contributed by atoms with Gasteiger partial charge in [0.2, 0.25) is 0 Å². The van der Waals surface area contributed by atoms with E-state index in [2.05, 4.69) is 181 Å². The van der Waals surface area contributed by atoms with Crippen LogP contribution >= 0.6 is 0 Å². The summed E-state index contributed by atoms with van der Waals surface area (Å²) in [7, 11) is -13.1. The Kier molecular flexibility index (Phi) is 11.2. The summed E-state index contributed by atoms with van der Waals surface area (Å²) < 4.78 is 23.2. The molecule has 12 heteroatoms. The van der Waals surface area contributed by atoms with E-state index in [-0.39, 0.29) is 0 Å². The van der Waals surface area contributed by atoms with Gasteiger partial charge in [0.15, 0.2) is 0 Å². The molecule has 0 radical (unpaired) electrons. The van der Waals surface area contributed by atoms with Crippen LogP contribution in [0.5, 0.6) is 11.5 Å². The van der Waals surface area contributed by atoms with E-state index >= 15 is 0 Å². The third-order valence-corrected chi connectivity index (χ3v) is 123. The first-order valence-corrected chi connectivity index (χ1v) is 57.1. The Morgan fingerprint density at radius 2 is 0.500 bits per heavy atom. The predicted octanol–water partition coefficient (Wildman–Crippen LogP) is 12.4. The van der Waals surface area contributed by atoms with E-state index in [1.54, 1.807) is 19.6 Å². The van der Waals surface area contributed by atoms with Gasteiger partial charge >= 0.3 is 328 Å².